The van der Waals surface area contributed by atoms with Gasteiger partial charge in [-0.05, 0) is 56.7 Å². The Morgan fingerprint density at radius 2 is 1.94 bits per heavy atom. The van der Waals surface area contributed by atoms with Crippen LogP contribution in [0.2, 0.25) is 5.02 Å². The molecule has 4 rings (SSSR count). The van der Waals surface area contributed by atoms with Crippen molar-refractivity contribution >= 4 is 23.2 Å². The van der Waals surface area contributed by atoms with E-state index in [2.05, 4.69) is 25.9 Å². The normalized spacial score (nSPS) is 22.1. The minimum atomic E-state index is -0.438. The standard InChI is InChI=1S/C25H36ClFN6O2/c1-34-13-10-29-17-2-4-18(5-3-17)32-23-14-19(20(26)15-30-23)22-7-6-21(27)24(33-22)31-16-25(28)8-11-35-12-9-25/h6-7,14-15,17-18,29H,2-5,8-13,16,28H2,1H3,(H,30,32)(H,31,33). The summed E-state index contributed by atoms with van der Waals surface area (Å²) in [6.07, 6.45) is 7.37. The monoisotopic (exact) mass is 506 g/mol. The topological polar surface area (TPSA) is 106 Å². The molecule has 2 aliphatic rings. The number of nitrogens with two attached hydrogens (primary N) is 1. The Kier molecular flexibility index (Phi) is 9.13. The first kappa shape index (κ1) is 26.0. The molecule has 192 valence electrons. The first-order valence-electron chi connectivity index (χ1n) is 12.4. The van der Waals surface area contributed by atoms with Crippen molar-refractivity contribution in [3.8, 4) is 11.3 Å². The fourth-order valence-electron chi connectivity index (χ4n) is 4.66. The van der Waals surface area contributed by atoms with Gasteiger partial charge in [0.25, 0.3) is 0 Å². The molecule has 10 heteroatoms. The van der Waals surface area contributed by atoms with Gasteiger partial charge in [-0.15, -0.1) is 0 Å². The van der Waals surface area contributed by atoms with E-state index in [1.807, 2.05) is 6.07 Å². The largest absolute Gasteiger partial charge is 0.383 e. The first-order chi connectivity index (χ1) is 17.0. The Labute approximate surface area is 211 Å². The molecule has 1 saturated heterocycles. The molecule has 2 aromatic rings. The Bertz CT molecular complexity index is 967. The van der Waals surface area contributed by atoms with E-state index in [0.29, 0.717) is 48.1 Å². The summed E-state index contributed by atoms with van der Waals surface area (Å²) in [5, 5.41) is 10.6. The Morgan fingerprint density at radius 1 is 1.20 bits per heavy atom. The lowest BCUT2D eigenvalue weighted by molar-refractivity contribution is 0.0574. The van der Waals surface area contributed by atoms with Gasteiger partial charge >= 0.3 is 0 Å². The molecule has 2 aromatic heterocycles. The first-order valence-corrected chi connectivity index (χ1v) is 12.8. The van der Waals surface area contributed by atoms with Gasteiger partial charge in [0, 0.05) is 62.8 Å². The molecule has 8 nitrogen and oxygen atoms in total. The fraction of sp³-hybridized carbons (Fsp3) is 0.600. The maximum Gasteiger partial charge on any atom is 0.165 e. The average Bonchev–Trinajstić information content (AvgIpc) is 2.86. The summed E-state index contributed by atoms with van der Waals surface area (Å²) in [6, 6.07) is 5.79. The van der Waals surface area contributed by atoms with Crippen LogP contribution in [0.5, 0.6) is 0 Å². The second-order valence-corrected chi connectivity index (χ2v) is 9.95. The molecule has 0 unspecified atom stereocenters. The van der Waals surface area contributed by atoms with Gasteiger partial charge < -0.3 is 31.2 Å². The molecule has 0 amide bonds. The third-order valence-electron chi connectivity index (χ3n) is 6.89. The van der Waals surface area contributed by atoms with Crippen LogP contribution in [0.3, 0.4) is 0 Å². The second-order valence-electron chi connectivity index (χ2n) is 9.54. The van der Waals surface area contributed by atoms with E-state index in [1.54, 1.807) is 19.4 Å². The lowest BCUT2D eigenvalue weighted by Crippen LogP contribution is -2.50. The zero-order chi connectivity index (χ0) is 24.7. The number of halogens is 2. The number of aromatic nitrogens is 2. The van der Waals surface area contributed by atoms with Gasteiger partial charge in [0.2, 0.25) is 0 Å². The van der Waals surface area contributed by atoms with Crippen molar-refractivity contribution < 1.29 is 13.9 Å². The van der Waals surface area contributed by atoms with Gasteiger partial charge in [-0.1, -0.05) is 11.6 Å². The highest BCUT2D eigenvalue weighted by Crippen LogP contribution is 2.31. The lowest BCUT2D eigenvalue weighted by atomic mass is 9.91. The molecule has 5 N–H and O–H groups in total. The molecule has 2 fully saturated rings. The van der Waals surface area contributed by atoms with Crippen LogP contribution in [0.25, 0.3) is 11.3 Å². The molecule has 0 aromatic carbocycles. The molecule has 0 spiro atoms. The van der Waals surface area contributed by atoms with Gasteiger partial charge in [0.15, 0.2) is 11.6 Å². The van der Waals surface area contributed by atoms with E-state index in [4.69, 9.17) is 26.8 Å². The van der Waals surface area contributed by atoms with E-state index in [0.717, 1.165) is 57.5 Å². The summed E-state index contributed by atoms with van der Waals surface area (Å²) in [4.78, 5) is 8.98. The molecule has 0 atom stereocenters. The van der Waals surface area contributed by atoms with E-state index in [-0.39, 0.29) is 5.82 Å². The quantitative estimate of drug-likeness (QED) is 0.360. The summed E-state index contributed by atoms with van der Waals surface area (Å²) >= 11 is 6.47. The minimum absolute atomic E-state index is 0.167. The number of nitrogens with zero attached hydrogens (tertiary/aromatic N) is 2. The van der Waals surface area contributed by atoms with Crippen LogP contribution in [0, 0.1) is 5.82 Å². The van der Waals surface area contributed by atoms with Crippen molar-refractivity contribution in [1.82, 2.24) is 15.3 Å². The van der Waals surface area contributed by atoms with E-state index in [1.165, 1.54) is 6.07 Å². The number of rotatable bonds is 10. The van der Waals surface area contributed by atoms with E-state index < -0.39 is 11.4 Å². The van der Waals surface area contributed by atoms with Crippen LogP contribution in [0.15, 0.2) is 24.4 Å². The summed E-state index contributed by atoms with van der Waals surface area (Å²) in [5.41, 5.74) is 7.28. The highest BCUT2D eigenvalue weighted by atomic mass is 35.5. The van der Waals surface area contributed by atoms with Gasteiger partial charge in [0.05, 0.1) is 17.3 Å². The molecule has 0 bridgehead atoms. The fourth-order valence-corrected chi connectivity index (χ4v) is 4.86. The van der Waals surface area contributed by atoms with Crippen LogP contribution >= 0.6 is 11.6 Å². The van der Waals surface area contributed by atoms with Crippen molar-refractivity contribution in [2.45, 2.75) is 56.1 Å². The summed E-state index contributed by atoms with van der Waals surface area (Å²) in [6.45, 7) is 3.25. The number of hydrogen-bond acceptors (Lipinski definition) is 8. The molecular weight excluding hydrogens is 471 g/mol. The van der Waals surface area contributed by atoms with Crippen molar-refractivity contribution in [3.05, 3.63) is 35.2 Å². The number of nitrogens with one attached hydrogen (secondary N) is 3. The molecule has 3 heterocycles. The molecule has 1 aliphatic heterocycles. The number of hydrogen-bond donors (Lipinski definition) is 4. The SMILES string of the molecule is COCCNC1CCC(Nc2cc(-c3ccc(F)c(NCC4(N)CCOCC4)n3)c(Cl)cn2)CC1. The van der Waals surface area contributed by atoms with Crippen molar-refractivity contribution in [3.63, 3.8) is 0 Å². The van der Waals surface area contributed by atoms with E-state index >= 15 is 0 Å². The van der Waals surface area contributed by atoms with Gasteiger partial charge in [0.1, 0.15) is 5.82 Å². The van der Waals surface area contributed by atoms with Crippen LogP contribution in [0.1, 0.15) is 38.5 Å². The van der Waals surface area contributed by atoms with Crippen molar-refractivity contribution in [1.29, 1.82) is 0 Å². The summed E-state index contributed by atoms with van der Waals surface area (Å²) < 4.78 is 25.0. The number of pyridine rings is 2. The molecule has 35 heavy (non-hydrogen) atoms. The Balaban J connectivity index is 1.40. The predicted molar refractivity (Wildman–Crippen MR) is 137 cm³/mol. The van der Waals surface area contributed by atoms with Crippen molar-refractivity contribution in [2.75, 3.05) is 50.7 Å². The summed E-state index contributed by atoms with van der Waals surface area (Å²) in [5.74, 6) is 0.480. The van der Waals surface area contributed by atoms with Crippen LogP contribution in [-0.2, 0) is 9.47 Å². The predicted octanol–water partition coefficient (Wildman–Crippen LogP) is 3.82. The third kappa shape index (κ3) is 7.24. The molecular formula is C25H36ClFN6O2. The highest BCUT2D eigenvalue weighted by molar-refractivity contribution is 6.33. The second kappa shape index (κ2) is 12.3. The van der Waals surface area contributed by atoms with Gasteiger partial charge in [-0.2, -0.15) is 0 Å². The van der Waals surface area contributed by atoms with Gasteiger partial charge in [-0.3, -0.25) is 0 Å². The maximum atomic E-state index is 14.5. The molecule has 1 saturated carbocycles. The molecule has 1 aliphatic carbocycles. The summed E-state index contributed by atoms with van der Waals surface area (Å²) in [7, 11) is 1.72. The van der Waals surface area contributed by atoms with Crippen LogP contribution in [0.4, 0.5) is 16.0 Å². The lowest BCUT2D eigenvalue weighted by Gasteiger charge is -2.33. The number of anilines is 2. The van der Waals surface area contributed by atoms with Gasteiger partial charge in [-0.25, -0.2) is 14.4 Å². The number of methoxy groups -OCH3 is 1. The zero-order valence-electron chi connectivity index (χ0n) is 20.3. The third-order valence-corrected chi connectivity index (χ3v) is 7.19. The minimum Gasteiger partial charge on any atom is -0.383 e. The zero-order valence-corrected chi connectivity index (χ0v) is 21.0. The number of ether oxygens (including phenoxy) is 2. The average molecular weight is 507 g/mol. The Hall–Kier alpha value is -2.04. The molecule has 0 radical (unpaired) electrons. The van der Waals surface area contributed by atoms with Crippen LogP contribution in [-0.4, -0.2) is 67.6 Å². The van der Waals surface area contributed by atoms with Crippen molar-refractivity contribution in [2.24, 2.45) is 5.73 Å². The smallest absolute Gasteiger partial charge is 0.165 e. The Morgan fingerprint density at radius 3 is 2.69 bits per heavy atom. The highest BCUT2D eigenvalue weighted by Gasteiger charge is 2.28. The van der Waals surface area contributed by atoms with Crippen LogP contribution < -0.4 is 21.7 Å². The maximum absolute atomic E-state index is 14.5. The van der Waals surface area contributed by atoms with E-state index in [9.17, 15) is 4.39 Å².